The van der Waals surface area contributed by atoms with Crippen molar-refractivity contribution in [1.29, 1.82) is 0 Å². The van der Waals surface area contributed by atoms with Crippen LogP contribution in [0.5, 0.6) is 0 Å². The van der Waals surface area contributed by atoms with Gasteiger partial charge >= 0.3 is 0 Å². The number of thiol groups is 1. The molecule has 1 aliphatic rings. The van der Waals surface area contributed by atoms with Crippen molar-refractivity contribution in [2.24, 2.45) is 5.92 Å². The lowest BCUT2D eigenvalue weighted by molar-refractivity contribution is 0.358. The summed E-state index contributed by atoms with van der Waals surface area (Å²) in [5.41, 5.74) is 0. The SMILES string of the molecule is CNCC1CCCC(S)C1. The van der Waals surface area contributed by atoms with Gasteiger partial charge in [0.2, 0.25) is 0 Å². The first kappa shape index (κ1) is 8.41. The molecule has 1 N–H and O–H groups in total. The van der Waals surface area contributed by atoms with Crippen molar-refractivity contribution >= 4 is 12.6 Å². The lowest BCUT2D eigenvalue weighted by Gasteiger charge is -2.25. The highest BCUT2D eigenvalue weighted by atomic mass is 32.1. The molecule has 1 aliphatic carbocycles. The van der Waals surface area contributed by atoms with Gasteiger partial charge in [-0.05, 0) is 38.8 Å². The Labute approximate surface area is 69.0 Å². The second-order valence-corrected chi connectivity index (χ2v) is 3.97. The molecular weight excluding hydrogens is 142 g/mol. The van der Waals surface area contributed by atoms with Crippen LogP contribution in [0.4, 0.5) is 0 Å². The predicted molar refractivity (Wildman–Crippen MR) is 48.7 cm³/mol. The number of nitrogens with one attached hydrogen (secondary N) is 1. The van der Waals surface area contributed by atoms with Gasteiger partial charge in [-0.2, -0.15) is 12.6 Å². The Morgan fingerprint density at radius 1 is 1.50 bits per heavy atom. The molecule has 0 aromatic heterocycles. The van der Waals surface area contributed by atoms with E-state index in [1.807, 2.05) is 7.05 Å². The molecule has 2 heteroatoms. The molecule has 2 unspecified atom stereocenters. The van der Waals surface area contributed by atoms with E-state index in [2.05, 4.69) is 17.9 Å². The van der Waals surface area contributed by atoms with E-state index in [9.17, 15) is 0 Å². The fraction of sp³-hybridized carbons (Fsp3) is 1.00. The molecule has 1 fully saturated rings. The van der Waals surface area contributed by atoms with E-state index in [0.717, 1.165) is 5.92 Å². The van der Waals surface area contributed by atoms with Crippen molar-refractivity contribution in [2.75, 3.05) is 13.6 Å². The topological polar surface area (TPSA) is 12.0 Å². The molecular formula is C8H17NS. The summed E-state index contributed by atoms with van der Waals surface area (Å²) in [5, 5.41) is 3.90. The molecule has 1 saturated carbocycles. The van der Waals surface area contributed by atoms with Gasteiger partial charge in [-0.3, -0.25) is 0 Å². The zero-order valence-electron chi connectivity index (χ0n) is 6.64. The molecule has 0 aromatic rings. The summed E-state index contributed by atoms with van der Waals surface area (Å²) in [5.74, 6) is 0.890. The van der Waals surface area contributed by atoms with Gasteiger partial charge in [0, 0.05) is 5.25 Å². The molecule has 0 bridgehead atoms. The Bertz CT molecular complexity index is 93.3. The molecule has 1 nitrogen and oxygen atoms in total. The van der Waals surface area contributed by atoms with Gasteiger partial charge in [0.15, 0.2) is 0 Å². The van der Waals surface area contributed by atoms with Crippen LogP contribution in [0, 0.1) is 5.92 Å². The number of rotatable bonds is 2. The molecule has 0 spiro atoms. The summed E-state index contributed by atoms with van der Waals surface area (Å²) in [4.78, 5) is 0. The molecule has 0 aromatic carbocycles. The quantitative estimate of drug-likeness (QED) is 0.584. The van der Waals surface area contributed by atoms with Crippen LogP contribution in [0.2, 0.25) is 0 Å². The minimum absolute atomic E-state index is 0.673. The average Bonchev–Trinajstić information content (AvgIpc) is 1.88. The van der Waals surface area contributed by atoms with E-state index in [4.69, 9.17) is 0 Å². The highest BCUT2D eigenvalue weighted by Gasteiger charge is 2.17. The zero-order valence-corrected chi connectivity index (χ0v) is 7.53. The van der Waals surface area contributed by atoms with Crippen molar-refractivity contribution in [3.8, 4) is 0 Å². The van der Waals surface area contributed by atoms with Gasteiger partial charge in [0.1, 0.15) is 0 Å². The Kier molecular flexibility index (Phi) is 3.57. The molecule has 0 aliphatic heterocycles. The van der Waals surface area contributed by atoms with Crippen LogP contribution >= 0.6 is 12.6 Å². The smallest absolute Gasteiger partial charge is 0.00199 e. The molecule has 60 valence electrons. The summed E-state index contributed by atoms with van der Waals surface area (Å²) in [6.45, 7) is 1.18. The average molecular weight is 159 g/mol. The number of hydrogen-bond donors (Lipinski definition) is 2. The maximum absolute atomic E-state index is 4.49. The summed E-state index contributed by atoms with van der Waals surface area (Å²) < 4.78 is 0. The highest BCUT2D eigenvalue weighted by Crippen LogP contribution is 2.26. The van der Waals surface area contributed by atoms with Crippen molar-refractivity contribution in [1.82, 2.24) is 5.32 Å². The summed E-state index contributed by atoms with van der Waals surface area (Å²) in [6.07, 6.45) is 5.41. The Morgan fingerprint density at radius 2 is 2.30 bits per heavy atom. The van der Waals surface area contributed by atoms with Gasteiger partial charge in [0.05, 0.1) is 0 Å². The van der Waals surface area contributed by atoms with Gasteiger partial charge in [-0.15, -0.1) is 0 Å². The zero-order chi connectivity index (χ0) is 7.40. The molecule has 2 atom stereocenters. The first-order valence-electron chi connectivity index (χ1n) is 4.15. The monoisotopic (exact) mass is 159 g/mol. The lowest BCUT2D eigenvalue weighted by Crippen LogP contribution is -2.25. The molecule has 0 saturated heterocycles. The van der Waals surface area contributed by atoms with Crippen LogP contribution < -0.4 is 5.32 Å². The number of hydrogen-bond acceptors (Lipinski definition) is 2. The van der Waals surface area contributed by atoms with E-state index in [1.165, 1.54) is 32.2 Å². The van der Waals surface area contributed by atoms with E-state index in [-0.39, 0.29) is 0 Å². The Balaban J connectivity index is 2.18. The van der Waals surface area contributed by atoms with Gasteiger partial charge in [-0.1, -0.05) is 6.42 Å². The van der Waals surface area contributed by atoms with Gasteiger partial charge in [0.25, 0.3) is 0 Å². The lowest BCUT2D eigenvalue weighted by atomic mass is 9.89. The first-order chi connectivity index (χ1) is 4.83. The second kappa shape index (κ2) is 4.24. The van der Waals surface area contributed by atoms with Crippen LogP contribution in [-0.2, 0) is 0 Å². The highest BCUT2D eigenvalue weighted by molar-refractivity contribution is 7.80. The molecule has 1 rings (SSSR count). The van der Waals surface area contributed by atoms with E-state index >= 15 is 0 Å². The van der Waals surface area contributed by atoms with E-state index < -0.39 is 0 Å². The maximum Gasteiger partial charge on any atom is 0.00199 e. The maximum atomic E-state index is 4.49. The Morgan fingerprint density at radius 3 is 2.90 bits per heavy atom. The minimum Gasteiger partial charge on any atom is -0.319 e. The molecule has 0 radical (unpaired) electrons. The summed E-state index contributed by atoms with van der Waals surface area (Å²) in [6, 6.07) is 0. The fourth-order valence-corrected chi connectivity index (χ4v) is 2.22. The summed E-state index contributed by atoms with van der Waals surface area (Å²) >= 11 is 4.49. The van der Waals surface area contributed by atoms with Gasteiger partial charge in [-0.25, -0.2) is 0 Å². The van der Waals surface area contributed by atoms with Crippen LogP contribution in [0.25, 0.3) is 0 Å². The van der Waals surface area contributed by atoms with Crippen molar-refractivity contribution in [3.63, 3.8) is 0 Å². The molecule has 0 heterocycles. The first-order valence-corrected chi connectivity index (χ1v) is 4.67. The largest absolute Gasteiger partial charge is 0.319 e. The third-order valence-corrected chi connectivity index (χ3v) is 2.72. The third-order valence-electron chi connectivity index (χ3n) is 2.25. The van der Waals surface area contributed by atoms with Crippen LogP contribution in [0.1, 0.15) is 25.7 Å². The molecule has 10 heavy (non-hydrogen) atoms. The van der Waals surface area contributed by atoms with Crippen LogP contribution in [-0.4, -0.2) is 18.8 Å². The van der Waals surface area contributed by atoms with E-state index in [0.29, 0.717) is 5.25 Å². The van der Waals surface area contributed by atoms with E-state index in [1.54, 1.807) is 0 Å². The Hall–Kier alpha value is 0.310. The summed E-state index contributed by atoms with van der Waals surface area (Å²) in [7, 11) is 2.03. The van der Waals surface area contributed by atoms with Crippen molar-refractivity contribution < 1.29 is 0 Å². The minimum atomic E-state index is 0.673. The van der Waals surface area contributed by atoms with Crippen molar-refractivity contribution in [3.05, 3.63) is 0 Å². The third kappa shape index (κ3) is 2.51. The normalized spacial score (nSPS) is 34.2. The fourth-order valence-electron chi connectivity index (χ4n) is 1.74. The molecule has 0 amide bonds. The predicted octanol–water partition coefficient (Wildman–Crippen LogP) is 1.69. The second-order valence-electron chi connectivity index (χ2n) is 3.24. The van der Waals surface area contributed by atoms with Gasteiger partial charge < -0.3 is 5.32 Å². The van der Waals surface area contributed by atoms with Crippen molar-refractivity contribution in [2.45, 2.75) is 30.9 Å². The van der Waals surface area contributed by atoms with Crippen LogP contribution in [0.3, 0.4) is 0 Å². The van der Waals surface area contributed by atoms with Crippen LogP contribution in [0.15, 0.2) is 0 Å². The standard InChI is InChI=1S/C8H17NS/c1-9-6-7-3-2-4-8(10)5-7/h7-10H,2-6H2,1H3.